The molecule has 5 nitrogen and oxygen atoms in total. The molecule has 0 saturated carbocycles. The van der Waals surface area contributed by atoms with Crippen LogP contribution in [0.5, 0.6) is 0 Å². The van der Waals surface area contributed by atoms with Crippen molar-refractivity contribution in [2.75, 3.05) is 17.3 Å². The maximum Gasteiger partial charge on any atom is 0.416 e. The molecule has 0 bridgehead atoms. The maximum absolute atomic E-state index is 13.8. The summed E-state index contributed by atoms with van der Waals surface area (Å²) < 4.78 is 54.5. The molecule has 28 heavy (non-hydrogen) atoms. The molecule has 4 aromatic rings. The summed E-state index contributed by atoms with van der Waals surface area (Å²) in [5.41, 5.74) is 5.09. The molecule has 3 N–H and O–H groups in total. The monoisotopic (exact) mass is 391 g/mol. The zero-order valence-electron chi connectivity index (χ0n) is 15.1. The number of rotatable bonds is 4. The van der Waals surface area contributed by atoms with E-state index in [2.05, 4.69) is 20.7 Å². The SMILES string of the molecule is CCNn1c(Nc2c[nH]c3c(C)cc(F)cc23)nc2cc(C(F)(F)F)ccc21. The van der Waals surface area contributed by atoms with Crippen molar-refractivity contribution in [3.63, 3.8) is 0 Å². The van der Waals surface area contributed by atoms with E-state index in [0.29, 0.717) is 29.1 Å². The number of aromatic nitrogens is 3. The number of hydrogen-bond acceptors (Lipinski definition) is 3. The topological polar surface area (TPSA) is 57.7 Å². The number of benzene rings is 2. The van der Waals surface area contributed by atoms with Gasteiger partial charge in [0.05, 0.1) is 27.8 Å². The largest absolute Gasteiger partial charge is 0.416 e. The molecular weight excluding hydrogens is 374 g/mol. The standard InChI is InChI=1S/C19H17F4N5/c1-3-25-28-16-5-4-11(19(21,22)23)7-14(16)26-18(28)27-15-9-24-17-10(2)6-12(20)8-13(15)17/h4-9,24-25H,3H2,1-2H3,(H,26,27). The normalized spacial score (nSPS) is 12.1. The molecule has 0 spiro atoms. The number of fused-ring (bicyclic) bond motifs is 2. The van der Waals surface area contributed by atoms with Crippen LogP contribution < -0.4 is 10.7 Å². The molecule has 146 valence electrons. The second kappa shape index (κ2) is 6.43. The second-order valence-corrected chi connectivity index (χ2v) is 6.46. The lowest BCUT2D eigenvalue weighted by Gasteiger charge is -2.11. The van der Waals surface area contributed by atoms with Crippen molar-refractivity contribution in [3.05, 3.63) is 53.5 Å². The Labute approximate surface area is 157 Å². The van der Waals surface area contributed by atoms with E-state index >= 15 is 0 Å². The molecule has 0 unspecified atom stereocenters. The van der Waals surface area contributed by atoms with Gasteiger partial charge in [0.2, 0.25) is 5.95 Å². The van der Waals surface area contributed by atoms with E-state index < -0.39 is 11.7 Å². The van der Waals surface area contributed by atoms with Crippen LogP contribution in [-0.4, -0.2) is 21.2 Å². The maximum atomic E-state index is 13.8. The lowest BCUT2D eigenvalue weighted by molar-refractivity contribution is -0.137. The summed E-state index contributed by atoms with van der Waals surface area (Å²) in [7, 11) is 0. The molecule has 0 fully saturated rings. The second-order valence-electron chi connectivity index (χ2n) is 6.46. The molecule has 0 aliphatic heterocycles. The number of anilines is 2. The number of aromatic amines is 1. The average molecular weight is 391 g/mol. The van der Waals surface area contributed by atoms with Crippen molar-refractivity contribution in [2.24, 2.45) is 0 Å². The van der Waals surface area contributed by atoms with E-state index in [1.807, 2.05) is 6.92 Å². The molecule has 0 amide bonds. The first-order valence-electron chi connectivity index (χ1n) is 8.65. The molecule has 0 atom stereocenters. The first kappa shape index (κ1) is 18.1. The molecule has 0 saturated heterocycles. The highest BCUT2D eigenvalue weighted by molar-refractivity contribution is 5.96. The first-order chi connectivity index (χ1) is 13.3. The highest BCUT2D eigenvalue weighted by Gasteiger charge is 2.31. The number of imidazole rings is 1. The zero-order valence-corrected chi connectivity index (χ0v) is 15.1. The lowest BCUT2D eigenvalue weighted by atomic mass is 10.1. The fourth-order valence-corrected chi connectivity index (χ4v) is 3.25. The summed E-state index contributed by atoms with van der Waals surface area (Å²) in [6.45, 7) is 4.19. The van der Waals surface area contributed by atoms with Crippen LogP contribution in [0.25, 0.3) is 21.9 Å². The quantitative estimate of drug-likeness (QED) is 0.414. The summed E-state index contributed by atoms with van der Waals surface area (Å²) in [5.74, 6) is -0.0679. The third kappa shape index (κ3) is 3.02. The third-order valence-electron chi connectivity index (χ3n) is 4.50. The predicted octanol–water partition coefficient (Wildman–Crippen LogP) is 5.29. The smallest absolute Gasteiger partial charge is 0.359 e. The van der Waals surface area contributed by atoms with Gasteiger partial charge in [0.15, 0.2) is 0 Å². The van der Waals surface area contributed by atoms with Crippen molar-refractivity contribution in [3.8, 4) is 0 Å². The number of nitrogens with zero attached hydrogens (tertiary/aromatic N) is 2. The van der Waals surface area contributed by atoms with Crippen molar-refractivity contribution >= 4 is 33.6 Å². The summed E-state index contributed by atoms with van der Waals surface area (Å²) in [4.78, 5) is 7.40. The minimum absolute atomic E-state index is 0.195. The van der Waals surface area contributed by atoms with Crippen LogP contribution in [0.1, 0.15) is 18.1 Å². The van der Waals surface area contributed by atoms with E-state index in [9.17, 15) is 17.6 Å². The molecule has 0 aliphatic rings. The summed E-state index contributed by atoms with van der Waals surface area (Å²) in [6, 6.07) is 6.22. The van der Waals surface area contributed by atoms with Crippen LogP contribution in [-0.2, 0) is 6.18 Å². The molecule has 2 aromatic carbocycles. The van der Waals surface area contributed by atoms with Gasteiger partial charge in [-0.2, -0.15) is 13.2 Å². The zero-order chi connectivity index (χ0) is 20.1. The number of aryl methyl sites for hydroxylation is 1. The van der Waals surface area contributed by atoms with Crippen molar-refractivity contribution in [2.45, 2.75) is 20.0 Å². The van der Waals surface area contributed by atoms with Crippen LogP contribution in [0.2, 0.25) is 0 Å². The Balaban J connectivity index is 1.83. The number of H-pyrrole nitrogens is 1. The van der Waals surface area contributed by atoms with E-state index in [1.54, 1.807) is 17.8 Å². The lowest BCUT2D eigenvalue weighted by Crippen LogP contribution is -2.16. The number of hydrogen-bond donors (Lipinski definition) is 3. The van der Waals surface area contributed by atoms with Gasteiger partial charge in [-0.05, 0) is 49.7 Å². The van der Waals surface area contributed by atoms with Crippen molar-refractivity contribution < 1.29 is 17.6 Å². The summed E-state index contributed by atoms with van der Waals surface area (Å²) in [5, 5.41) is 3.72. The van der Waals surface area contributed by atoms with Crippen molar-refractivity contribution in [1.82, 2.24) is 14.6 Å². The molecule has 2 heterocycles. The Morgan fingerprint density at radius 1 is 1.18 bits per heavy atom. The fraction of sp³-hybridized carbons (Fsp3) is 0.211. The Morgan fingerprint density at radius 3 is 2.68 bits per heavy atom. The van der Waals surface area contributed by atoms with Gasteiger partial charge in [-0.15, -0.1) is 0 Å². The first-order valence-corrected chi connectivity index (χ1v) is 8.65. The predicted molar refractivity (Wildman–Crippen MR) is 101 cm³/mol. The Morgan fingerprint density at radius 2 is 1.96 bits per heavy atom. The molecule has 4 rings (SSSR count). The van der Waals surface area contributed by atoms with E-state index in [1.165, 1.54) is 18.2 Å². The van der Waals surface area contributed by atoms with Crippen LogP contribution in [0, 0.1) is 12.7 Å². The third-order valence-corrected chi connectivity index (χ3v) is 4.50. The number of nitrogens with one attached hydrogen (secondary N) is 3. The van der Waals surface area contributed by atoms with Gasteiger partial charge in [-0.25, -0.2) is 14.1 Å². The van der Waals surface area contributed by atoms with Gasteiger partial charge < -0.3 is 15.7 Å². The van der Waals surface area contributed by atoms with E-state index in [4.69, 9.17) is 0 Å². The minimum Gasteiger partial charge on any atom is -0.359 e. The van der Waals surface area contributed by atoms with Gasteiger partial charge in [0.25, 0.3) is 0 Å². The van der Waals surface area contributed by atoms with Gasteiger partial charge in [-0.3, -0.25) is 0 Å². The van der Waals surface area contributed by atoms with Crippen LogP contribution >= 0.6 is 0 Å². The van der Waals surface area contributed by atoms with Gasteiger partial charge >= 0.3 is 6.18 Å². The highest BCUT2D eigenvalue weighted by Crippen LogP contribution is 2.33. The number of halogens is 4. The van der Waals surface area contributed by atoms with Crippen LogP contribution in [0.15, 0.2) is 36.5 Å². The molecule has 0 aliphatic carbocycles. The highest BCUT2D eigenvalue weighted by atomic mass is 19.4. The Hall–Kier alpha value is -3.23. The van der Waals surface area contributed by atoms with Gasteiger partial charge in [0.1, 0.15) is 5.82 Å². The Bertz CT molecular complexity index is 1170. The molecule has 9 heteroatoms. The average Bonchev–Trinajstić information content (AvgIpc) is 3.16. The number of alkyl halides is 3. The van der Waals surface area contributed by atoms with Crippen LogP contribution in [0.4, 0.5) is 29.2 Å². The van der Waals surface area contributed by atoms with E-state index in [0.717, 1.165) is 23.2 Å². The minimum atomic E-state index is -4.45. The van der Waals surface area contributed by atoms with E-state index in [-0.39, 0.29) is 11.3 Å². The Kier molecular flexibility index (Phi) is 4.17. The fourth-order valence-electron chi connectivity index (χ4n) is 3.25. The summed E-state index contributed by atoms with van der Waals surface area (Å²) >= 11 is 0. The van der Waals surface area contributed by atoms with Gasteiger partial charge in [-0.1, -0.05) is 0 Å². The van der Waals surface area contributed by atoms with Gasteiger partial charge in [0, 0.05) is 18.1 Å². The van der Waals surface area contributed by atoms with Crippen molar-refractivity contribution in [1.29, 1.82) is 0 Å². The molecule has 2 aromatic heterocycles. The van der Waals surface area contributed by atoms with Crippen LogP contribution in [0.3, 0.4) is 0 Å². The molecular formula is C19H17F4N5. The molecule has 0 radical (unpaired) electrons. The summed E-state index contributed by atoms with van der Waals surface area (Å²) in [6.07, 6.45) is -2.77.